The zero-order valence-electron chi connectivity index (χ0n) is 13.5. The number of benzene rings is 1. The standard InChI is InChI=1S/C16H11BrF3N5O/c1-23-11-7-21-10-4-3-8(17)5-9(10)14(11)25(15(23)26)13-6-12(16(18,19)20)22-24(13)2/h3-7H,1-2H3. The molecule has 3 aromatic heterocycles. The number of imidazole rings is 1. The Kier molecular flexibility index (Phi) is 3.52. The van der Waals surface area contributed by atoms with Crippen LogP contribution in [-0.2, 0) is 20.3 Å². The predicted octanol–water partition coefficient (Wildman–Crippen LogP) is 3.39. The van der Waals surface area contributed by atoms with Gasteiger partial charge in [-0.05, 0) is 18.2 Å². The number of alkyl halides is 3. The van der Waals surface area contributed by atoms with Crippen molar-refractivity contribution in [3.05, 3.63) is 51.1 Å². The molecule has 0 saturated carbocycles. The number of hydrogen-bond donors (Lipinski definition) is 0. The lowest BCUT2D eigenvalue weighted by Crippen LogP contribution is -2.22. The Morgan fingerprint density at radius 3 is 2.54 bits per heavy atom. The molecular formula is C16H11BrF3N5O. The van der Waals surface area contributed by atoms with Crippen molar-refractivity contribution >= 4 is 37.9 Å². The molecule has 10 heteroatoms. The van der Waals surface area contributed by atoms with Crippen LogP contribution >= 0.6 is 15.9 Å². The van der Waals surface area contributed by atoms with Crippen molar-refractivity contribution in [3.63, 3.8) is 0 Å². The fourth-order valence-corrected chi connectivity index (χ4v) is 3.35. The van der Waals surface area contributed by atoms with Crippen molar-refractivity contribution in [1.29, 1.82) is 0 Å². The first kappa shape index (κ1) is 16.8. The second kappa shape index (κ2) is 5.44. The van der Waals surface area contributed by atoms with Crippen LogP contribution in [0.4, 0.5) is 13.2 Å². The quantitative estimate of drug-likeness (QED) is 0.469. The number of rotatable bonds is 1. The normalized spacial score (nSPS) is 12.4. The first-order chi connectivity index (χ1) is 12.2. The van der Waals surface area contributed by atoms with Crippen molar-refractivity contribution in [3.8, 4) is 5.82 Å². The number of nitrogens with zero attached hydrogens (tertiary/aromatic N) is 5. The molecule has 0 spiro atoms. The predicted molar refractivity (Wildman–Crippen MR) is 93.3 cm³/mol. The molecule has 0 aliphatic rings. The molecule has 3 heterocycles. The fourth-order valence-electron chi connectivity index (χ4n) is 2.99. The van der Waals surface area contributed by atoms with Gasteiger partial charge < -0.3 is 0 Å². The van der Waals surface area contributed by atoms with E-state index in [2.05, 4.69) is 26.0 Å². The molecular weight excluding hydrogens is 415 g/mol. The highest BCUT2D eigenvalue weighted by Crippen LogP contribution is 2.31. The Morgan fingerprint density at radius 2 is 1.88 bits per heavy atom. The largest absolute Gasteiger partial charge is 0.435 e. The van der Waals surface area contributed by atoms with E-state index in [4.69, 9.17) is 0 Å². The van der Waals surface area contributed by atoms with Crippen LogP contribution in [0.2, 0.25) is 0 Å². The van der Waals surface area contributed by atoms with Gasteiger partial charge in [-0.25, -0.2) is 9.36 Å². The maximum absolute atomic E-state index is 13.0. The molecule has 0 aliphatic heterocycles. The van der Waals surface area contributed by atoms with Gasteiger partial charge in [-0.1, -0.05) is 15.9 Å². The molecule has 134 valence electrons. The van der Waals surface area contributed by atoms with E-state index < -0.39 is 17.6 Å². The number of aryl methyl sites for hydroxylation is 2. The van der Waals surface area contributed by atoms with E-state index in [0.29, 0.717) is 21.9 Å². The Morgan fingerprint density at radius 1 is 1.15 bits per heavy atom. The summed E-state index contributed by atoms with van der Waals surface area (Å²) in [6, 6.07) is 6.22. The topological polar surface area (TPSA) is 57.6 Å². The Hall–Kier alpha value is -2.62. The van der Waals surface area contributed by atoms with Crippen LogP contribution in [0.15, 0.2) is 39.7 Å². The summed E-state index contributed by atoms with van der Waals surface area (Å²) in [6.45, 7) is 0. The lowest BCUT2D eigenvalue weighted by atomic mass is 10.2. The highest BCUT2D eigenvalue weighted by Gasteiger charge is 2.35. The third-order valence-corrected chi connectivity index (χ3v) is 4.71. The van der Waals surface area contributed by atoms with Gasteiger partial charge in [0, 0.05) is 30.0 Å². The molecule has 26 heavy (non-hydrogen) atoms. The first-order valence-corrected chi connectivity index (χ1v) is 8.25. The Labute approximate surface area is 152 Å². The van der Waals surface area contributed by atoms with Gasteiger partial charge in [0.15, 0.2) is 5.69 Å². The van der Waals surface area contributed by atoms with Crippen LogP contribution in [0.3, 0.4) is 0 Å². The van der Waals surface area contributed by atoms with Gasteiger partial charge in [-0.15, -0.1) is 0 Å². The average Bonchev–Trinajstić information content (AvgIpc) is 3.06. The summed E-state index contributed by atoms with van der Waals surface area (Å²) in [7, 11) is 2.92. The molecule has 0 radical (unpaired) electrons. The average molecular weight is 426 g/mol. The molecule has 4 aromatic rings. The zero-order chi connectivity index (χ0) is 18.8. The van der Waals surface area contributed by atoms with Crippen LogP contribution in [-0.4, -0.2) is 23.9 Å². The summed E-state index contributed by atoms with van der Waals surface area (Å²) in [5.74, 6) is 0.0281. The molecule has 0 bridgehead atoms. The minimum Gasteiger partial charge on any atom is -0.293 e. The molecule has 0 fully saturated rings. The van der Waals surface area contributed by atoms with Gasteiger partial charge in [0.2, 0.25) is 0 Å². The van der Waals surface area contributed by atoms with Gasteiger partial charge in [0.05, 0.1) is 22.7 Å². The minimum atomic E-state index is -4.60. The van der Waals surface area contributed by atoms with Crippen molar-refractivity contribution in [2.24, 2.45) is 14.1 Å². The summed E-state index contributed by atoms with van der Waals surface area (Å²) in [5, 5.41) is 4.15. The van der Waals surface area contributed by atoms with Gasteiger partial charge in [-0.3, -0.25) is 14.2 Å². The van der Waals surface area contributed by atoms with Crippen molar-refractivity contribution in [2.45, 2.75) is 6.18 Å². The third-order valence-electron chi connectivity index (χ3n) is 4.22. The Bertz CT molecular complexity index is 1230. The fraction of sp³-hybridized carbons (Fsp3) is 0.188. The SMILES string of the molecule is Cn1nc(C(F)(F)F)cc1-n1c(=O)n(C)c2cnc3ccc(Br)cc3c21. The molecule has 1 aromatic carbocycles. The number of pyridine rings is 1. The molecule has 0 aliphatic carbocycles. The van der Waals surface area contributed by atoms with Gasteiger partial charge >= 0.3 is 11.9 Å². The van der Waals surface area contributed by atoms with E-state index in [9.17, 15) is 18.0 Å². The summed E-state index contributed by atoms with van der Waals surface area (Å²) in [4.78, 5) is 17.1. The smallest absolute Gasteiger partial charge is 0.293 e. The van der Waals surface area contributed by atoms with E-state index in [1.165, 1.54) is 22.4 Å². The van der Waals surface area contributed by atoms with Crippen molar-refractivity contribution in [2.75, 3.05) is 0 Å². The molecule has 6 nitrogen and oxygen atoms in total. The second-order valence-electron chi connectivity index (χ2n) is 5.84. The van der Waals surface area contributed by atoms with Gasteiger partial charge in [-0.2, -0.15) is 18.3 Å². The van der Waals surface area contributed by atoms with Crippen molar-refractivity contribution in [1.82, 2.24) is 23.9 Å². The van der Waals surface area contributed by atoms with Crippen LogP contribution in [0.1, 0.15) is 5.69 Å². The molecule has 0 N–H and O–H groups in total. The maximum atomic E-state index is 13.0. The van der Waals surface area contributed by atoms with Crippen LogP contribution < -0.4 is 5.69 Å². The second-order valence-corrected chi connectivity index (χ2v) is 6.76. The van der Waals surface area contributed by atoms with Crippen LogP contribution in [0, 0.1) is 0 Å². The minimum absolute atomic E-state index is 0.0281. The number of halogens is 4. The number of fused-ring (bicyclic) bond motifs is 3. The van der Waals surface area contributed by atoms with Crippen LogP contribution in [0.25, 0.3) is 27.8 Å². The summed E-state index contributed by atoms with van der Waals surface area (Å²) in [5.41, 5.74) is 0.0681. The summed E-state index contributed by atoms with van der Waals surface area (Å²) >= 11 is 3.38. The first-order valence-electron chi connectivity index (χ1n) is 7.46. The van der Waals surface area contributed by atoms with Crippen LogP contribution in [0.5, 0.6) is 0 Å². The molecule has 0 atom stereocenters. The molecule has 4 rings (SSSR count). The Balaban J connectivity index is 2.17. The highest BCUT2D eigenvalue weighted by atomic mass is 79.9. The summed E-state index contributed by atoms with van der Waals surface area (Å²) < 4.78 is 43.5. The molecule has 0 amide bonds. The van der Waals surface area contributed by atoms with Gasteiger partial charge in [0.1, 0.15) is 5.82 Å². The van der Waals surface area contributed by atoms with E-state index in [-0.39, 0.29) is 5.82 Å². The van der Waals surface area contributed by atoms with E-state index in [0.717, 1.165) is 15.2 Å². The monoisotopic (exact) mass is 425 g/mol. The van der Waals surface area contributed by atoms with E-state index in [1.54, 1.807) is 25.2 Å². The molecule has 0 saturated heterocycles. The number of hydrogen-bond acceptors (Lipinski definition) is 3. The maximum Gasteiger partial charge on any atom is 0.435 e. The lowest BCUT2D eigenvalue weighted by Gasteiger charge is -2.06. The van der Waals surface area contributed by atoms with E-state index in [1.807, 2.05) is 0 Å². The number of aromatic nitrogens is 5. The zero-order valence-corrected chi connectivity index (χ0v) is 15.1. The highest BCUT2D eigenvalue weighted by molar-refractivity contribution is 9.10. The summed E-state index contributed by atoms with van der Waals surface area (Å²) in [6.07, 6.45) is -3.07. The van der Waals surface area contributed by atoms with E-state index >= 15 is 0 Å². The molecule has 0 unspecified atom stereocenters. The van der Waals surface area contributed by atoms with Crippen molar-refractivity contribution < 1.29 is 13.2 Å². The lowest BCUT2D eigenvalue weighted by molar-refractivity contribution is -0.141. The van der Waals surface area contributed by atoms with Gasteiger partial charge in [0.25, 0.3) is 0 Å². The third kappa shape index (κ3) is 2.36.